The second-order valence-electron chi connectivity index (χ2n) is 10.6. The number of carbonyl (C=O) groups excluding carboxylic acids is 1. The number of piperazine rings is 1. The van der Waals surface area contributed by atoms with E-state index in [4.69, 9.17) is 4.74 Å². The van der Waals surface area contributed by atoms with E-state index in [0.29, 0.717) is 24.5 Å². The molecule has 1 amide bonds. The number of benzene rings is 3. The average Bonchev–Trinajstić information content (AvgIpc) is 3.53. The van der Waals surface area contributed by atoms with Crippen LogP contribution in [0.25, 0.3) is 0 Å². The van der Waals surface area contributed by atoms with Crippen molar-refractivity contribution in [3.63, 3.8) is 0 Å². The maximum Gasteiger partial charge on any atom is 0.243 e. The molecule has 0 aromatic heterocycles. The molecule has 1 atom stereocenters. The van der Waals surface area contributed by atoms with Crippen LogP contribution in [0.2, 0.25) is 0 Å². The van der Waals surface area contributed by atoms with Crippen LogP contribution < -0.4 is 24.6 Å². The summed E-state index contributed by atoms with van der Waals surface area (Å²) < 4.78 is 35.8. The SMILES string of the molecule is COc1ccc(N2CCN(c3ccc(NC(=O)C4CCCC4)cc3S(=O)(=O)N[C@@H](C)c3ccccc3)CC2)cc1. The number of sulfonamides is 1. The monoisotopic (exact) mass is 562 g/mol. The van der Waals surface area contributed by atoms with E-state index in [1.54, 1.807) is 13.2 Å². The molecule has 8 nitrogen and oxygen atoms in total. The van der Waals surface area contributed by atoms with Gasteiger partial charge in [0.1, 0.15) is 10.6 Å². The molecule has 1 aliphatic heterocycles. The summed E-state index contributed by atoms with van der Waals surface area (Å²) in [5, 5.41) is 2.98. The first-order valence-corrected chi connectivity index (χ1v) is 15.5. The Balaban J connectivity index is 1.39. The average molecular weight is 563 g/mol. The lowest BCUT2D eigenvalue weighted by Crippen LogP contribution is -2.47. The number of hydrogen-bond acceptors (Lipinski definition) is 6. The standard InChI is InChI=1S/C31H38N4O4S/c1-23(24-8-4-3-5-9-24)33-40(37,38)30-22-26(32-31(36)25-10-6-7-11-25)12-17-29(30)35-20-18-34(19-21-35)27-13-15-28(39-2)16-14-27/h3-5,8-9,12-17,22-23,25,33H,6-7,10-11,18-21H2,1-2H3,(H,32,36)/t23-/m0/s1. The van der Waals surface area contributed by atoms with Gasteiger partial charge < -0.3 is 19.9 Å². The van der Waals surface area contributed by atoms with E-state index in [0.717, 1.165) is 55.8 Å². The minimum Gasteiger partial charge on any atom is -0.497 e. The fraction of sp³-hybridized carbons (Fsp3) is 0.387. The van der Waals surface area contributed by atoms with Gasteiger partial charge in [0.05, 0.1) is 12.8 Å². The van der Waals surface area contributed by atoms with E-state index < -0.39 is 16.1 Å². The van der Waals surface area contributed by atoms with Gasteiger partial charge in [0.25, 0.3) is 0 Å². The molecule has 1 heterocycles. The third-order valence-electron chi connectivity index (χ3n) is 7.93. The molecule has 3 aromatic rings. The lowest BCUT2D eigenvalue weighted by molar-refractivity contribution is -0.119. The third kappa shape index (κ3) is 6.42. The molecule has 5 rings (SSSR count). The number of methoxy groups -OCH3 is 1. The van der Waals surface area contributed by atoms with Crippen LogP contribution in [0.4, 0.5) is 17.1 Å². The van der Waals surface area contributed by atoms with E-state index >= 15 is 0 Å². The second kappa shape index (κ2) is 12.3. The largest absolute Gasteiger partial charge is 0.497 e. The summed E-state index contributed by atoms with van der Waals surface area (Å²) in [6.45, 7) is 4.67. The van der Waals surface area contributed by atoms with Gasteiger partial charge in [0.15, 0.2) is 0 Å². The molecular weight excluding hydrogens is 524 g/mol. The van der Waals surface area contributed by atoms with Gasteiger partial charge in [-0.1, -0.05) is 43.2 Å². The smallest absolute Gasteiger partial charge is 0.243 e. The van der Waals surface area contributed by atoms with Gasteiger partial charge >= 0.3 is 0 Å². The summed E-state index contributed by atoms with van der Waals surface area (Å²) in [6.07, 6.45) is 3.87. The molecule has 0 spiro atoms. The van der Waals surface area contributed by atoms with E-state index in [-0.39, 0.29) is 16.7 Å². The van der Waals surface area contributed by atoms with Gasteiger partial charge in [-0.05, 0) is 67.8 Å². The molecule has 40 heavy (non-hydrogen) atoms. The number of hydrogen-bond donors (Lipinski definition) is 2. The highest BCUT2D eigenvalue weighted by Gasteiger charge is 2.28. The van der Waals surface area contributed by atoms with Crippen molar-refractivity contribution in [1.82, 2.24) is 4.72 Å². The lowest BCUT2D eigenvalue weighted by atomic mass is 10.1. The number of amides is 1. The number of anilines is 3. The molecule has 0 bridgehead atoms. The Kier molecular flexibility index (Phi) is 8.61. The third-order valence-corrected chi connectivity index (χ3v) is 9.50. The van der Waals surface area contributed by atoms with Crippen molar-refractivity contribution in [2.24, 2.45) is 5.92 Å². The molecule has 2 N–H and O–H groups in total. The van der Waals surface area contributed by atoms with E-state index in [9.17, 15) is 13.2 Å². The fourth-order valence-corrected chi connectivity index (χ4v) is 7.09. The molecule has 3 aromatic carbocycles. The van der Waals surface area contributed by atoms with Crippen molar-refractivity contribution in [2.45, 2.75) is 43.5 Å². The van der Waals surface area contributed by atoms with Crippen LogP contribution in [0.1, 0.15) is 44.2 Å². The Hall–Kier alpha value is -3.56. The molecule has 212 valence electrons. The van der Waals surface area contributed by atoms with Crippen LogP contribution in [-0.4, -0.2) is 47.6 Å². The minimum atomic E-state index is -3.91. The van der Waals surface area contributed by atoms with Crippen LogP contribution in [0.5, 0.6) is 5.75 Å². The molecular formula is C31H38N4O4S. The topological polar surface area (TPSA) is 91.0 Å². The Bertz CT molecular complexity index is 1400. The Morgan fingerprint density at radius 3 is 2.20 bits per heavy atom. The van der Waals surface area contributed by atoms with Crippen molar-refractivity contribution < 1.29 is 17.9 Å². The molecule has 1 aliphatic carbocycles. The van der Waals surface area contributed by atoms with Crippen LogP contribution >= 0.6 is 0 Å². The van der Waals surface area contributed by atoms with Crippen LogP contribution in [-0.2, 0) is 14.8 Å². The van der Waals surface area contributed by atoms with Crippen molar-refractivity contribution in [1.29, 1.82) is 0 Å². The zero-order valence-electron chi connectivity index (χ0n) is 23.2. The molecule has 1 saturated carbocycles. The molecule has 9 heteroatoms. The summed E-state index contributed by atoms with van der Waals surface area (Å²) in [5.41, 5.74) is 3.13. The van der Waals surface area contributed by atoms with Gasteiger partial charge in [-0.3, -0.25) is 4.79 Å². The summed E-state index contributed by atoms with van der Waals surface area (Å²) >= 11 is 0. The van der Waals surface area contributed by atoms with Crippen LogP contribution in [0.3, 0.4) is 0 Å². The van der Waals surface area contributed by atoms with E-state index in [1.807, 2.05) is 73.7 Å². The predicted octanol–water partition coefficient (Wildman–Crippen LogP) is 5.19. The first-order valence-electron chi connectivity index (χ1n) is 14.0. The van der Waals surface area contributed by atoms with Crippen LogP contribution in [0.15, 0.2) is 77.7 Å². The minimum absolute atomic E-state index is 0.0120. The number of nitrogens with zero attached hydrogens (tertiary/aromatic N) is 2. The molecule has 0 unspecified atom stereocenters. The van der Waals surface area contributed by atoms with Gasteiger partial charge in [0.2, 0.25) is 15.9 Å². The second-order valence-corrected chi connectivity index (χ2v) is 12.3. The fourth-order valence-electron chi connectivity index (χ4n) is 5.61. The zero-order valence-corrected chi connectivity index (χ0v) is 24.0. The van der Waals surface area contributed by atoms with Crippen molar-refractivity contribution in [2.75, 3.05) is 48.4 Å². The number of rotatable bonds is 9. The Morgan fingerprint density at radius 2 is 1.55 bits per heavy atom. The molecule has 2 aliphatic rings. The number of carbonyl (C=O) groups is 1. The van der Waals surface area contributed by atoms with Crippen molar-refractivity contribution >= 4 is 33.0 Å². The Labute approximate surface area is 237 Å². The summed E-state index contributed by atoms with van der Waals surface area (Å²) in [4.78, 5) is 17.4. The number of nitrogens with one attached hydrogen (secondary N) is 2. The predicted molar refractivity (Wildman–Crippen MR) is 160 cm³/mol. The summed E-state index contributed by atoms with van der Waals surface area (Å²) in [6, 6.07) is 22.3. The first kappa shape index (κ1) is 28.0. The van der Waals surface area contributed by atoms with Gasteiger partial charge in [-0.15, -0.1) is 0 Å². The van der Waals surface area contributed by atoms with E-state index in [1.165, 1.54) is 0 Å². The van der Waals surface area contributed by atoms with Gasteiger partial charge in [-0.2, -0.15) is 0 Å². The first-order chi connectivity index (χ1) is 19.3. The molecule has 0 radical (unpaired) electrons. The van der Waals surface area contributed by atoms with Crippen molar-refractivity contribution in [3.8, 4) is 5.75 Å². The summed E-state index contributed by atoms with van der Waals surface area (Å²) in [5.74, 6) is 0.767. The highest BCUT2D eigenvalue weighted by molar-refractivity contribution is 7.89. The zero-order chi connectivity index (χ0) is 28.1. The number of ether oxygens (including phenoxy) is 1. The van der Waals surface area contributed by atoms with Crippen LogP contribution in [0, 0.1) is 5.92 Å². The highest BCUT2D eigenvalue weighted by Crippen LogP contribution is 2.33. The lowest BCUT2D eigenvalue weighted by Gasteiger charge is -2.38. The highest BCUT2D eigenvalue weighted by atomic mass is 32.2. The van der Waals surface area contributed by atoms with E-state index in [2.05, 4.69) is 19.8 Å². The quantitative estimate of drug-likeness (QED) is 0.373. The van der Waals surface area contributed by atoms with Gasteiger partial charge in [-0.25, -0.2) is 13.1 Å². The van der Waals surface area contributed by atoms with Gasteiger partial charge in [0, 0.05) is 49.5 Å². The molecule has 2 fully saturated rings. The maximum absolute atomic E-state index is 13.8. The maximum atomic E-state index is 13.8. The molecule has 1 saturated heterocycles. The normalized spacial score (nSPS) is 17.1. The summed E-state index contributed by atoms with van der Waals surface area (Å²) in [7, 11) is -2.26. The van der Waals surface area contributed by atoms with Crippen molar-refractivity contribution in [3.05, 3.63) is 78.4 Å². The Morgan fingerprint density at radius 1 is 0.900 bits per heavy atom.